The fourth-order valence-electron chi connectivity index (χ4n) is 1.77. The first-order valence-electron chi connectivity index (χ1n) is 6.29. The average Bonchev–Trinajstić information content (AvgIpc) is 2.94. The van der Waals surface area contributed by atoms with E-state index in [2.05, 4.69) is 36.5 Å². The van der Waals surface area contributed by atoms with E-state index in [1.54, 1.807) is 22.7 Å². The fraction of sp³-hybridized carbons (Fsp3) is 0.538. The summed E-state index contributed by atoms with van der Waals surface area (Å²) in [6.07, 6.45) is 2.21. The highest BCUT2D eigenvalue weighted by atomic mass is 32.1. The molecule has 2 aromatic rings. The lowest BCUT2D eigenvalue weighted by Gasteiger charge is -2.02. The first-order chi connectivity index (χ1) is 8.65. The van der Waals surface area contributed by atoms with Crippen molar-refractivity contribution < 1.29 is 0 Å². The first kappa shape index (κ1) is 13.5. The van der Waals surface area contributed by atoms with Gasteiger partial charge in [-0.25, -0.2) is 9.97 Å². The molecule has 0 saturated carbocycles. The highest BCUT2D eigenvalue weighted by Gasteiger charge is 2.17. The Balaban J connectivity index is 2.41. The maximum absolute atomic E-state index is 4.77. The van der Waals surface area contributed by atoms with Crippen LogP contribution in [0.5, 0.6) is 0 Å². The highest BCUT2D eigenvalue weighted by molar-refractivity contribution is 7.16. The minimum atomic E-state index is 0.446. The molecule has 5 heteroatoms. The Hall–Kier alpha value is -0.940. The van der Waals surface area contributed by atoms with Crippen molar-refractivity contribution in [2.45, 2.75) is 39.5 Å². The molecule has 18 heavy (non-hydrogen) atoms. The van der Waals surface area contributed by atoms with Crippen LogP contribution in [0, 0.1) is 0 Å². The van der Waals surface area contributed by atoms with Crippen molar-refractivity contribution in [3.63, 3.8) is 0 Å². The van der Waals surface area contributed by atoms with Gasteiger partial charge in [-0.3, -0.25) is 0 Å². The number of thiazole rings is 2. The van der Waals surface area contributed by atoms with E-state index >= 15 is 0 Å². The van der Waals surface area contributed by atoms with Crippen LogP contribution >= 0.6 is 22.7 Å². The minimum Gasteiger partial charge on any atom is -0.365 e. The topological polar surface area (TPSA) is 37.8 Å². The van der Waals surface area contributed by atoms with E-state index in [1.807, 2.05) is 7.05 Å². The Bertz CT molecular complexity index is 514. The number of rotatable bonds is 5. The Kier molecular flexibility index (Phi) is 4.35. The van der Waals surface area contributed by atoms with Crippen LogP contribution in [-0.4, -0.2) is 17.0 Å². The third kappa shape index (κ3) is 2.72. The molecule has 0 spiro atoms. The molecule has 1 N–H and O–H groups in total. The monoisotopic (exact) mass is 281 g/mol. The zero-order valence-electron chi connectivity index (χ0n) is 11.3. The van der Waals surface area contributed by atoms with Gasteiger partial charge in [-0.1, -0.05) is 20.8 Å². The van der Waals surface area contributed by atoms with Crippen molar-refractivity contribution in [1.29, 1.82) is 0 Å². The Morgan fingerprint density at radius 1 is 1.33 bits per heavy atom. The van der Waals surface area contributed by atoms with Crippen molar-refractivity contribution in [2.75, 3.05) is 12.4 Å². The van der Waals surface area contributed by atoms with E-state index in [0.717, 1.165) is 23.7 Å². The van der Waals surface area contributed by atoms with E-state index in [4.69, 9.17) is 4.98 Å². The lowest BCUT2D eigenvalue weighted by atomic mass is 10.1. The summed E-state index contributed by atoms with van der Waals surface area (Å²) < 4.78 is 0. The molecule has 0 aromatic carbocycles. The first-order valence-corrected chi connectivity index (χ1v) is 7.98. The summed E-state index contributed by atoms with van der Waals surface area (Å²) in [6, 6.07) is 0. The van der Waals surface area contributed by atoms with E-state index in [9.17, 15) is 0 Å². The van der Waals surface area contributed by atoms with Gasteiger partial charge in [0.1, 0.15) is 0 Å². The average molecular weight is 281 g/mol. The van der Waals surface area contributed by atoms with E-state index < -0.39 is 0 Å². The van der Waals surface area contributed by atoms with Crippen LogP contribution in [0.4, 0.5) is 5.13 Å². The summed E-state index contributed by atoms with van der Waals surface area (Å²) in [5.74, 6) is 0.446. The maximum Gasteiger partial charge on any atom is 0.182 e. The summed E-state index contributed by atoms with van der Waals surface area (Å²) in [5.41, 5.74) is 2.25. The smallest absolute Gasteiger partial charge is 0.182 e. The quantitative estimate of drug-likeness (QED) is 0.883. The normalized spacial score (nSPS) is 11.2. The molecule has 0 radical (unpaired) electrons. The Morgan fingerprint density at radius 2 is 2.11 bits per heavy atom. The highest BCUT2D eigenvalue weighted by Crippen LogP contribution is 2.36. The van der Waals surface area contributed by atoms with Gasteiger partial charge in [0.25, 0.3) is 0 Å². The van der Waals surface area contributed by atoms with Gasteiger partial charge >= 0.3 is 0 Å². The van der Waals surface area contributed by atoms with Crippen LogP contribution in [0.3, 0.4) is 0 Å². The van der Waals surface area contributed by atoms with Gasteiger partial charge in [-0.15, -0.1) is 22.7 Å². The largest absolute Gasteiger partial charge is 0.365 e. The van der Waals surface area contributed by atoms with Gasteiger partial charge in [-0.05, 0) is 18.8 Å². The van der Waals surface area contributed by atoms with Crippen LogP contribution < -0.4 is 5.32 Å². The van der Waals surface area contributed by atoms with Crippen molar-refractivity contribution in [3.05, 3.63) is 16.1 Å². The second-order valence-corrected chi connectivity index (χ2v) is 6.46. The predicted molar refractivity (Wildman–Crippen MR) is 80.9 cm³/mol. The van der Waals surface area contributed by atoms with E-state index in [1.165, 1.54) is 15.6 Å². The third-order valence-corrected chi connectivity index (χ3v) is 4.67. The zero-order chi connectivity index (χ0) is 13.1. The molecule has 3 nitrogen and oxygen atoms in total. The molecule has 98 valence electrons. The van der Waals surface area contributed by atoms with Gasteiger partial charge in [0, 0.05) is 12.4 Å². The van der Waals surface area contributed by atoms with Crippen molar-refractivity contribution in [3.8, 4) is 10.6 Å². The van der Waals surface area contributed by atoms with Gasteiger partial charge in [-0.2, -0.15) is 0 Å². The van der Waals surface area contributed by atoms with Crippen molar-refractivity contribution >= 4 is 27.8 Å². The fourth-order valence-corrected chi connectivity index (χ4v) is 3.78. The molecular formula is C13H19N3S2. The van der Waals surface area contributed by atoms with Crippen LogP contribution in [-0.2, 0) is 6.42 Å². The predicted octanol–water partition coefficient (Wildman–Crippen LogP) is 4.38. The standard InChI is InChI=1S/C13H19N3S2/c1-5-6-10-16-11(8(2)3)12(18-10)9-7-17-13(14-4)15-9/h7-8H,5-6H2,1-4H3,(H,14,15). The van der Waals surface area contributed by atoms with Crippen LogP contribution in [0.1, 0.15) is 43.8 Å². The van der Waals surface area contributed by atoms with Crippen molar-refractivity contribution in [2.24, 2.45) is 0 Å². The van der Waals surface area contributed by atoms with Gasteiger partial charge in [0.15, 0.2) is 5.13 Å². The lowest BCUT2D eigenvalue weighted by Crippen LogP contribution is -1.92. The molecule has 0 bridgehead atoms. The molecule has 0 unspecified atom stereocenters. The van der Waals surface area contributed by atoms with Gasteiger partial charge in [0.2, 0.25) is 0 Å². The van der Waals surface area contributed by atoms with E-state index in [0.29, 0.717) is 5.92 Å². The van der Waals surface area contributed by atoms with Crippen LogP contribution in [0.2, 0.25) is 0 Å². The number of nitrogens with one attached hydrogen (secondary N) is 1. The molecule has 2 heterocycles. The number of hydrogen-bond acceptors (Lipinski definition) is 5. The number of anilines is 1. The van der Waals surface area contributed by atoms with Crippen molar-refractivity contribution in [1.82, 2.24) is 9.97 Å². The molecule has 2 aromatic heterocycles. The molecule has 0 fully saturated rings. The number of aryl methyl sites for hydroxylation is 1. The maximum atomic E-state index is 4.77. The molecular weight excluding hydrogens is 262 g/mol. The molecule has 0 saturated heterocycles. The summed E-state index contributed by atoms with van der Waals surface area (Å²) in [6.45, 7) is 6.58. The number of nitrogens with zero attached hydrogens (tertiary/aromatic N) is 2. The third-order valence-electron chi connectivity index (χ3n) is 2.66. The van der Waals surface area contributed by atoms with Crippen LogP contribution in [0.15, 0.2) is 5.38 Å². The van der Waals surface area contributed by atoms with Gasteiger partial charge < -0.3 is 5.32 Å². The zero-order valence-corrected chi connectivity index (χ0v) is 12.9. The second kappa shape index (κ2) is 5.80. The second-order valence-electron chi connectivity index (χ2n) is 4.51. The molecule has 2 rings (SSSR count). The minimum absolute atomic E-state index is 0.446. The molecule has 0 amide bonds. The molecule has 0 aliphatic carbocycles. The summed E-state index contributed by atoms with van der Waals surface area (Å²) in [4.78, 5) is 10.6. The Morgan fingerprint density at radius 3 is 2.67 bits per heavy atom. The number of aromatic nitrogens is 2. The number of hydrogen-bond donors (Lipinski definition) is 1. The Labute approximate surface area is 116 Å². The van der Waals surface area contributed by atoms with Crippen LogP contribution in [0.25, 0.3) is 10.6 Å². The summed E-state index contributed by atoms with van der Waals surface area (Å²) in [7, 11) is 1.90. The van der Waals surface area contributed by atoms with E-state index in [-0.39, 0.29) is 0 Å². The SMILES string of the molecule is CCCc1nc(C(C)C)c(-c2csc(NC)n2)s1. The summed E-state index contributed by atoms with van der Waals surface area (Å²) in [5, 5.41) is 7.40. The molecule has 0 aliphatic heterocycles. The summed E-state index contributed by atoms with van der Waals surface area (Å²) >= 11 is 3.44. The lowest BCUT2D eigenvalue weighted by molar-refractivity contribution is 0.813. The molecule has 0 aliphatic rings. The van der Waals surface area contributed by atoms with Gasteiger partial charge in [0.05, 0.1) is 21.3 Å². The molecule has 0 atom stereocenters.